The zero-order valence-electron chi connectivity index (χ0n) is 16.9. The smallest absolute Gasteiger partial charge is 0.0163 e. The molecule has 0 radical (unpaired) electrons. The predicted molar refractivity (Wildman–Crippen MR) is 127 cm³/mol. The summed E-state index contributed by atoms with van der Waals surface area (Å²) in [5.74, 6) is 4.48. The first-order valence-electron chi connectivity index (χ1n) is 10.7. The van der Waals surface area contributed by atoms with Crippen molar-refractivity contribution in [2.45, 2.75) is 39.0 Å². The van der Waals surface area contributed by atoms with E-state index in [1.54, 1.807) is 0 Å². The second-order valence-corrected chi connectivity index (χ2v) is 11.6. The Bertz CT molecular complexity index is 801. The summed E-state index contributed by atoms with van der Waals surface area (Å²) in [5.41, 5.74) is 0. The van der Waals surface area contributed by atoms with Crippen molar-refractivity contribution in [2.75, 3.05) is 0 Å². The molecule has 4 rings (SSSR count). The van der Waals surface area contributed by atoms with Crippen molar-refractivity contribution in [1.82, 2.24) is 0 Å². The van der Waals surface area contributed by atoms with Crippen LogP contribution in [0.3, 0.4) is 0 Å². The van der Waals surface area contributed by atoms with Crippen LogP contribution < -0.4 is 15.9 Å². The molecule has 1 saturated carbocycles. The summed E-state index contributed by atoms with van der Waals surface area (Å²) in [6.07, 6.45) is 6.78. The number of benzene rings is 3. The quantitative estimate of drug-likeness (QED) is 0.472. The average molecular weight is 387 g/mol. The van der Waals surface area contributed by atoms with Gasteiger partial charge in [0.1, 0.15) is 0 Å². The van der Waals surface area contributed by atoms with Gasteiger partial charge in [-0.05, 0) is 53.9 Å². The summed E-state index contributed by atoms with van der Waals surface area (Å²) >= 11 is 0. The highest BCUT2D eigenvalue weighted by Crippen LogP contribution is 2.45. The fourth-order valence-corrected chi connectivity index (χ4v) is 8.69. The third kappa shape index (κ3) is 4.03. The molecule has 0 saturated heterocycles. The highest BCUT2D eigenvalue weighted by atomic mass is 31.2. The van der Waals surface area contributed by atoms with Crippen molar-refractivity contribution in [2.24, 2.45) is 11.8 Å². The topological polar surface area (TPSA) is 0 Å². The van der Waals surface area contributed by atoms with E-state index in [0.717, 1.165) is 11.8 Å². The maximum Gasteiger partial charge on any atom is -0.0163 e. The zero-order valence-corrected chi connectivity index (χ0v) is 17.8. The van der Waals surface area contributed by atoms with Crippen LogP contribution in [0, 0.1) is 11.8 Å². The maximum atomic E-state index is 2.73. The molecule has 28 heavy (non-hydrogen) atoms. The van der Waals surface area contributed by atoms with Crippen LogP contribution >= 0.6 is 6.89 Å². The molecule has 0 unspecified atom stereocenters. The summed E-state index contributed by atoms with van der Waals surface area (Å²) in [6, 6.07) is 33.7. The minimum absolute atomic E-state index is 0.840. The van der Waals surface area contributed by atoms with E-state index in [1.165, 1.54) is 48.0 Å². The molecular weight excluding hydrogens is 355 g/mol. The fraction of sp³-hybridized carbons (Fsp3) is 0.296. The lowest BCUT2D eigenvalue weighted by Gasteiger charge is -2.31. The van der Waals surface area contributed by atoms with Gasteiger partial charge in [-0.2, -0.15) is 0 Å². The van der Waals surface area contributed by atoms with E-state index >= 15 is 0 Å². The van der Waals surface area contributed by atoms with Crippen molar-refractivity contribution in [3.63, 3.8) is 0 Å². The Morgan fingerprint density at radius 3 is 1.43 bits per heavy atom. The van der Waals surface area contributed by atoms with Crippen LogP contribution in [0.15, 0.2) is 91.0 Å². The third-order valence-electron chi connectivity index (χ3n) is 6.34. The SMILES string of the molecule is CC1CCC(CC=P(c2ccccc2)(c2ccccc2)c2ccccc2)CC1. The van der Waals surface area contributed by atoms with E-state index in [4.69, 9.17) is 0 Å². The Morgan fingerprint density at radius 1 is 0.643 bits per heavy atom. The van der Waals surface area contributed by atoms with E-state index in [-0.39, 0.29) is 0 Å². The lowest BCUT2D eigenvalue weighted by Crippen LogP contribution is -2.27. The average Bonchev–Trinajstić information content (AvgIpc) is 2.78. The molecule has 1 heteroatoms. The lowest BCUT2D eigenvalue weighted by atomic mass is 9.82. The molecule has 0 heterocycles. The number of rotatable bonds is 5. The van der Waals surface area contributed by atoms with Gasteiger partial charge in [-0.1, -0.05) is 117 Å². The van der Waals surface area contributed by atoms with Gasteiger partial charge in [0.25, 0.3) is 0 Å². The second kappa shape index (κ2) is 8.97. The minimum atomic E-state index is -1.76. The molecule has 1 aliphatic carbocycles. The van der Waals surface area contributed by atoms with E-state index in [1.807, 2.05) is 0 Å². The molecule has 1 aliphatic rings. The van der Waals surface area contributed by atoms with E-state index in [2.05, 4.69) is 104 Å². The Kier molecular flexibility index (Phi) is 6.18. The van der Waals surface area contributed by atoms with Gasteiger partial charge in [0.2, 0.25) is 0 Å². The van der Waals surface area contributed by atoms with Gasteiger partial charge < -0.3 is 0 Å². The summed E-state index contributed by atoms with van der Waals surface area (Å²) in [4.78, 5) is 0. The monoisotopic (exact) mass is 386 g/mol. The van der Waals surface area contributed by atoms with Crippen LogP contribution in [0.2, 0.25) is 0 Å². The van der Waals surface area contributed by atoms with E-state index in [0.29, 0.717) is 0 Å². The Morgan fingerprint density at radius 2 is 1.04 bits per heavy atom. The van der Waals surface area contributed by atoms with Gasteiger partial charge in [-0.25, -0.2) is 0 Å². The predicted octanol–water partition coefficient (Wildman–Crippen LogP) is 6.00. The van der Waals surface area contributed by atoms with Crippen molar-refractivity contribution in [3.8, 4) is 0 Å². The minimum Gasteiger partial charge on any atom is -0.0740 e. The normalized spacial score (nSPS) is 19.9. The molecule has 0 aliphatic heterocycles. The Balaban J connectivity index is 1.87. The third-order valence-corrected chi connectivity index (χ3v) is 10.4. The van der Waals surface area contributed by atoms with Gasteiger partial charge in [0.15, 0.2) is 0 Å². The van der Waals surface area contributed by atoms with Gasteiger partial charge >= 0.3 is 0 Å². The molecule has 0 N–H and O–H groups in total. The maximum absolute atomic E-state index is 2.73. The van der Waals surface area contributed by atoms with Crippen LogP contribution in [0.4, 0.5) is 0 Å². The molecule has 0 amide bonds. The molecular formula is C27H31P. The Labute approximate surface area is 170 Å². The fourth-order valence-electron chi connectivity index (χ4n) is 4.62. The highest BCUT2D eigenvalue weighted by molar-refractivity contribution is 7.94. The number of hydrogen-bond acceptors (Lipinski definition) is 0. The summed E-state index contributed by atoms with van der Waals surface area (Å²) < 4.78 is 0. The molecule has 0 aromatic heterocycles. The van der Waals surface area contributed by atoms with Crippen LogP contribution in [-0.4, -0.2) is 5.80 Å². The van der Waals surface area contributed by atoms with Crippen molar-refractivity contribution >= 4 is 28.6 Å². The zero-order chi connectivity index (χ0) is 19.2. The molecule has 0 atom stereocenters. The molecule has 0 nitrogen and oxygen atoms in total. The lowest BCUT2D eigenvalue weighted by molar-refractivity contribution is 0.298. The van der Waals surface area contributed by atoms with Crippen LogP contribution in [0.25, 0.3) is 0 Å². The largest absolute Gasteiger partial charge is 0.0740 e. The second-order valence-electron chi connectivity index (χ2n) is 8.27. The van der Waals surface area contributed by atoms with Crippen molar-refractivity contribution in [3.05, 3.63) is 91.0 Å². The first-order chi connectivity index (χ1) is 13.8. The van der Waals surface area contributed by atoms with Crippen LogP contribution in [0.1, 0.15) is 39.0 Å². The standard InChI is InChI=1S/C27H31P/c1-23-17-19-24(20-18-23)21-22-28(25-11-5-2-6-12-25,26-13-7-3-8-14-26)27-15-9-4-10-16-27/h2-16,22-24H,17-21H2,1H3. The summed E-state index contributed by atoms with van der Waals surface area (Å²) in [5, 5.41) is 4.41. The first-order valence-corrected chi connectivity index (χ1v) is 12.5. The Hall–Kier alpha value is -2.04. The highest BCUT2D eigenvalue weighted by Gasteiger charge is 2.26. The molecule has 1 fully saturated rings. The number of hydrogen-bond donors (Lipinski definition) is 0. The summed E-state index contributed by atoms with van der Waals surface area (Å²) in [7, 11) is 0. The summed E-state index contributed by atoms with van der Waals surface area (Å²) in [6.45, 7) is 0.652. The van der Waals surface area contributed by atoms with Crippen molar-refractivity contribution < 1.29 is 0 Å². The molecule has 0 bridgehead atoms. The van der Waals surface area contributed by atoms with Gasteiger partial charge in [-0.15, -0.1) is 0 Å². The first kappa shape index (κ1) is 19.3. The molecule has 144 valence electrons. The van der Waals surface area contributed by atoms with Gasteiger partial charge in [0, 0.05) is 0 Å². The molecule has 3 aromatic rings. The van der Waals surface area contributed by atoms with Gasteiger partial charge in [0.05, 0.1) is 0 Å². The van der Waals surface area contributed by atoms with Gasteiger partial charge in [-0.3, -0.25) is 0 Å². The van der Waals surface area contributed by atoms with E-state index in [9.17, 15) is 0 Å². The van der Waals surface area contributed by atoms with E-state index < -0.39 is 6.89 Å². The van der Waals surface area contributed by atoms with Crippen LogP contribution in [-0.2, 0) is 0 Å². The molecule has 3 aromatic carbocycles. The van der Waals surface area contributed by atoms with Crippen molar-refractivity contribution in [1.29, 1.82) is 0 Å². The van der Waals surface area contributed by atoms with Crippen LogP contribution in [0.5, 0.6) is 0 Å². The molecule has 0 spiro atoms.